The van der Waals surface area contributed by atoms with Crippen molar-refractivity contribution >= 4 is 17.7 Å². The standard InChI is InChI=1S/C46H38N2/c1-33-17-12-14-22-40(33)46-34(2)41-23-10-5-3-4-6-11-25-43(41)44(48-46)31-38-20-13-15-24-42(38)45(36-18-8-7-9-19-36)37-28-26-35(27-29-37)39-21-16-30-47-32-39/h3-5,7-22,24-32H,6,23H2,1-2H3/b4-3-,10-5-,25-11-,38-31+,45-42+. The van der Waals surface area contributed by atoms with E-state index in [0.717, 1.165) is 51.4 Å². The third kappa shape index (κ3) is 6.52. The second kappa shape index (κ2) is 14.3. The van der Waals surface area contributed by atoms with Crippen LogP contribution in [0.4, 0.5) is 0 Å². The predicted molar refractivity (Wildman–Crippen MR) is 202 cm³/mol. The number of allylic oxidation sites excluding steroid dienone is 5. The Labute approximate surface area is 283 Å². The topological polar surface area (TPSA) is 25.8 Å². The second-order valence-corrected chi connectivity index (χ2v) is 12.2. The molecule has 2 heterocycles. The molecule has 0 saturated carbocycles. The van der Waals surface area contributed by atoms with Gasteiger partial charge in [-0.25, -0.2) is 4.98 Å². The molecule has 1 aliphatic carbocycles. The summed E-state index contributed by atoms with van der Waals surface area (Å²) in [4.78, 5) is 9.79. The SMILES string of the molecule is Cc1ccccc1-c1nc(/C=c2\cccc\c2=C(\c2ccccc2)c2ccc(-c3cccnc3)cc2)c2c(c1C)C/C=C\C=C/C/C=C\2. The maximum absolute atomic E-state index is 5.47. The van der Waals surface area contributed by atoms with Crippen LogP contribution in [-0.2, 0) is 6.42 Å². The number of nitrogens with zero attached hydrogens (tertiary/aromatic N) is 2. The smallest absolute Gasteiger partial charge is 0.0744 e. The number of aryl methyl sites for hydroxylation is 1. The lowest BCUT2D eigenvalue weighted by Gasteiger charge is -2.18. The van der Waals surface area contributed by atoms with E-state index in [9.17, 15) is 0 Å². The molecule has 7 rings (SSSR count). The van der Waals surface area contributed by atoms with Crippen molar-refractivity contribution in [2.75, 3.05) is 0 Å². The molecule has 0 bridgehead atoms. The first-order chi connectivity index (χ1) is 23.7. The van der Waals surface area contributed by atoms with E-state index in [1.165, 1.54) is 39.0 Å². The molecule has 4 aromatic carbocycles. The van der Waals surface area contributed by atoms with Crippen molar-refractivity contribution in [3.05, 3.63) is 208 Å². The molecule has 0 unspecified atom stereocenters. The van der Waals surface area contributed by atoms with Crippen LogP contribution in [-0.4, -0.2) is 9.97 Å². The van der Waals surface area contributed by atoms with Gasteiger partial charge in [0.2, 0.25) is 0 Å². The molecule has 0 spiro atoms. The van der Waals surface area contributed by atoms with E-state index in [2.05, 4.69) is 171 Å². The fourth-order valence-corrected chi connectivity index (χ4v) is 6.55. The largest absolute Gasteiger partial charge is 0.264 e. The van der Waals surface area contributed by atoms with Gasteiger partial charge < -0.3 is 0 Å². The van der Waals surface area contributed by atoms with Crippen LogP contribution in [0.1, 0.15) is 45.5 Å². The number of benzene rings is 4. The van der Waals surface area contributed by atoms with Crippen LogP contribution in [0.5, 0.6) is 0 Å². The molecule has 232 valence electrons. The van der Waals surface area contributed by atoms with Crippen LogP contribution in [0.15, 0.2) is 158 Å². The predicted octanol–water partition coefficient (Wildman–Crippen LogP) is 9.58. The normalized spacial score (nSPS) is 15.7. The molecule has 0 atom stereocenters. The fourth-order valence-electron chi connectivity index (χ4n) is 6.55. The van der Waals surface area contributed by atoms with Gasteiger partial charge in [0, 0.05) is 23.5 Å². The number of fused-ring (bicyclic) bond motifs is 1. The van der Waals surface area contributed by atoms with E-state index in [-0.39, 0.29) is 0 Å². The fraction of sp³-hybridized carbons (Fsp3) is 0.0870. The number of rotatable bonds is 5. The molecule has 6 aromatic rings. The van der Waals surface area contributed by atoms with Crippen LogP contribution < -0.4 is 10.4 Å². The van der Waals surface area contributed by atoms with E-state index in [4.69, 9.17) is 4.98 Å². The summed E-state index contributed by atoms with van der Waals surface area (Å²) in [5, 5.41) is 2.29. The highest BCUT2D eigenvalue weighted by molar-refractivity contribution is 5.82. The summed E-state index contributed by atoms with van der Waals surface area (Å²) >= 11 is 0. The molecule has 2 nitrogen and oxygen atoms in total. The zero-order valence-corrected chi connectivity index (χ0v) is 27.5. The summed E-state index contributed by atoms with van der Waals surface area (Å²) in [6.07, 6.45) is 21.0. The zero-order valence-electron chi connectivity index (χ0n) is 27.5. The number of hydrogen-bond acceptors (Lipinski definition) is 2. The summed E-state index contributed by atoms with van der Waals surface area (Å²) in [6, 6.07) is 40.9. The Hall–Kier alpha value is -5.86. The van der Waals surface area contributed by atoms with Crippen molar-refractivity contribution in [1.29, 1.82) is 0 Å². The molecular weight excluding hydrogens is 581 g/mol. The first kappa shape index (κ1) is 30.8. The van der Waals surface area contributed by atoms with Gasteiger partial charge in [-0.3, -0.25) is 4.98 Å². The Morgan fingerprint density at radius 1 is 0.667 bits per heavy atom. The molecule has 2 heteroatoms. The van der Waals surface area contributed by atoms with Crippen molar-refractivity contribution < 1.29 is 0 Å². The molecular formula is C46H38N2. The highest BCUT2D eigenvalue weighted by atomic mass is 14.7. The first-order valence-corrected chi connectivity index (χ1v) is 16.6. The zero-order chi connectivity index (χ0) is 32.7. The second-order valence-electron chi connectivity index (χ2n) is 12.2. The van der Waals surface area contributed by atoms with Crippen molar-refractivity contribution in [3.8, 4) is 22.4 Å². The molecule has 2 aromatic heterocycles. The Morgan fingerprint density at radius 2 is 1.42 bits per heavy atom. The van der Waals surface area contributed by atoms with Gasteiger partial charge in [0.15, 0.2) is 0 Å². The average molecular weight is 619 g/mol. The maximum Gasteiger partial charge on any atom is 0.0744 e. The van der Waals surface area contributed by atoms with Crippen LogP contribution in [0, 0.1) is 13.8 Å². The van der Waals surface area contributed by atoms with Gasteiger partial charge in [-0.15, -0.1) is 0 Å². The van der Waals surface area contributed by atoms with Crippen molar-refractivity contribution in [1.82, 2.24) is 9.97 Å². The Kier molecular flexibility index (Phi) is 9.15. The highest BCUT2D eigenvalue weighted by Gasteiger charge is 2.17. The number of aromatic nitrogens is 2. The Bertz CT molecular complexity index is 2270. The van der Waals surface area contributed by atoms with Gasteiger partial charge in [0.05, 0.1) is 11.4 Å². The average Bonchev–Trinajstić information content (AvgIpc) is 3.14. The lowest BCUT2D eigenvalue weighted by Crippen LogP contribution is -2.28. The van der Waals surface area contributed by atoms with Gasteiger partial charge in [0.1, 0.15) is 0 Å². The summed E-state index contributed by atoms with van der Waals surface area (Å²) in [6.45, 7) is 4.40. The van der Waals surface area contributed by atoms with Crippen LogP contribution in [0.25, 0.3) is 40.1 Å². The molecule has 48 heavy (non-hydrogen) atoms. The molecule has 0 saturated heterocycles. The minimum Gasteiger partial charge on any atom is -0.264 e. The summed E-state index contributed by atoms with van der Waals surface area (Å²) in [7, 11) is 0. The molecule has 0 fully saturated rings. The summed E-state index contributed by atoms with van der Waals surface area (Å²) < 4.78 is 0. The first-order valence-electron chi connectivity index (χ1n) is 16.6. The highest BCUT2D eigenvalue weighted by Crippen LogP contribution is 2.32. The maximum atomic E-state index is 5.47. The molecule has 0 N–H and O–H groups in total. The summed E-state index contributed by atoms with van der Waals surface area (Å²) in [5.41, 5.74) is 13.9. The minimum atomic E-state index is 0.838. The van der Waals surface area contributed by atoms with Gasteiger partial charge in [0.25, 0.3) is 0 Å². The number of hydrogen-bond donors (Lipinski definition) is 0. The van der Waals surface area contributed by atoms with Crippen molar-refractivity contribution in [2.24, 2.45) is 0 Å². The van der Waals surface area contributed by atoms with Crippen molar-refractivity contribution in [2.45, 2.75) is 26.7 Å². The summed E-state index contributed by atoms with van der Waals surface area (Å²) in [5.74, 6) is 0. The monoisotopic (exact) mass is 618 g/mol. The van der Waals surface area contributed by atoms with Gasteiger partial charge in [-0.1, -0.05) is 146 Å². The van der Waals surface area contributed by atoms with E-state index in [1.54, 1.807) is 0 Å². The van der Waals surface area contributed by atoms with Gasteiger partial charge in [-0.2, -0.15) is 0 Å². The van der Waals surface area contributed by atoms with Crippen LogP contribution in [0.3, 0.4) is 0 Å². The third-order valence-corrected chi connectivity index (χ3v) is 9.06. The molecule has 1 aliphatic rings. The van der Waals surface area contributed by atoms with E-state index >= 15 is 0 Å². The Balaban J connectivity index is 1.51. The number of pyridine rings is 2. The van der Waals surface area contributed by atoms with E-state index in [0.29, 0.717) is 0 Å². The quantitative estimate of drug-likeness (QED) is 0.192. The van der Waals surface area contributed by atoms with Crippen LogP contribution in [0.2, 0.25) is 0 Å². The van der Waals surface area contributed by atoms with E-state index < -0.39 is 0 Å². The minimum absolute atomic E-state index is 0.838. The molecule has 0 amide bonds. The van der Waals surface area contributed by atoms with Crippen LogP contribution >= 0.6 is 0 Å². The Morgan fingerprint density at radius 3 is 2.23 bits per heavy atom. The molecule has 0 radical (unpaired) electrons. The lowest BCUT2D eigenvalue weighted by molar-refractivity contribution is 1.13. The van der Waals surface area contributed by atoms with Crippen molar-refractivity contribution in [3.63, 3.8) is 0 Å². The third-order valence-electron chi connectivity index (χ3n) is 9.06. The lowest BCUT2D eigenvalue weighted by atomic mass is 9.91. The molecule has 0 aliphatic heterocycles. The van der Waals surface area contributed by atoms with Gasteiger partial charge >= 0.3 is 0 Å². The van der Waals surface area contributed by atoms with E-state index in [1.807, 2.05) is 18.5 Å². The van der Waals surface area contributed by atoms with Gasteiger partial charge in [-0.05, 0) is 93.8 Å².